The van der Waals surface area contributed by atoms with E-state index in [2.05, 4.69) is 53.8 Å². The fourth-order valence-electron chi connectivity index (χ4n) is 2.32. The summed E-state index contributed by atoms with van der Waals surface area (Å²) in [7, 11) is 0. The topological polar surface area (TPSA) is 29.5 Å². The molecule has 2 atom stereocenters. The Labute approximate surface area is 110 Å². The van der Waals surface area contributed by atoms with Crippen LogP contribution >= 0.6 is 22.6 Å². The molecule has 1 aromatic carbocycles. The molecule has 0 aliphatic carbocycles. The fraction of sp³-hybridized carbons (Fsp3) is 0.538. The standard InChI is InChI=1S/C13H17IO2/c1-10-13(9-15,6-7-16-10)8-11-2-4-12(14)5-3-11/h2-5,10,15H,6-9H2,1H3. The molecule has 2 rings (SSSR count). The first-order valence-electron chi connectivity index (χ1n) is 5.63. The minimum absolute atomic E-state index is 0.0766. The summed E-state index contributed by atoms with van der Waals surface area (Å²) in [6, 6.07) is 8.51. The molecule has 0 aromatic heterocycles. The highest BCUT2D eigenvalue weighted by Gasteiger charge is 2.40. The summed E-state index contributed by atoms with van der Waals surface area (Å²) in [5.41, 5.74) is 1.21. The smallest absolute Gasteiger partial charge is 0.0629 e. The molecule has 0 spiro atoms. The molecule has 3 heteroatoms. The van der Waals surface area contributed by atoms with Crippen LogP contribution in [0.15, 0.2) is 24.3 Å². The van der Waals surface area contributed by atoms with Gasteiger partial charge in [0.05, 0.1) is 12.7 Å². The van der Waals surface area contributed by atoms with E-state index in [1.165, 1.54) is 9.13 Å². The Hall–Kier alpha value is -0.130. The minimum Gasteiger partial charge on any atom is -0.396 e. The predicted octanol–water partition coefficient (Wildman–Crippen LogP) is 2.62. The third kappa shape index (κ3) is 2.41. The van der Waals surface area contributed by atoms with Crippen molar-refractivity contribution in [3.8, 4) is 0 Å². The molecule has 1 aliphatic heterocycles. The Balaban J connectivity index is 2.15. The van der Waals surface area contributed by atoms with Crippen LogP contribution in [0.3, 0.4) is 0 Å². The molecule has 2 nitrogen and oxygen atoms in total. The van der Waals surface area contributed by atoms with Crippen LogP contribution in [0.4, 0.5) is 0 Å². The van der Waals surface area contributed by atoms with Gasteiger partial charge in [0.1, 0.15) is 0 Å². The normalized spacial score (nSPS) is 29.6. The first kappa shape index (κ1) is 12.3. The Kier molecular flexibility index (Phi) is 3.87. The van der Waals surface area contributed by atoms with Crippen LogP contribution in [0.25, 0.3) is 0 Å². The van der Waals surface area contributed by atoms with E-state index < -0.39 is 0 Å². The van der Waals surface area contributed by atoms with E-state index in [0.717, 1.165) is 19.4 Å². The quantitative estimate of drug-likeness (QED) is 0.863. The number of aliphatic hydroxyl groups excluding tert-OH is 1. The predicted molar refractivity (Wildman–Crippen MR) is 72.4 cm³/mol. The maximum atomic E-state index is 9.62. The van der Waals surface area contributed by atoms with E-state index in [0.29, 0.717) is 0 Å². The number of benzene rings is 1. The van der Waals surface area contributed by atoms with Gasteiger partial charge >= 0.3 is 0 Å². The Morgan fingerprint density at radius 3 is 2.62 bits per heavy atom. The van der Waals surface area contributed by atoms with Crippen molar-refractivity contribution in [1.82, 2.24) is 0 Å². The van der Waals surface area contributed by atoms with E-state index in [-0.39, 0.29) is 18.1 Å². The molecule has 1 aromatic rings. The first-order valence-corrected chi connectivity index (χ1v) is 6.71. The summed E-state index contributed by atoms with van der Waals surface area (Å²) in [6.07, 6.45) is 2.01. The SMILES string of the molecule is CC1OCCC1(CO)Cc1ccc(I)cc1. The molecular formula is C13H17IO2. The van der Waals surface area contributed by atoms with Gasteiger partial charge in [0, 0.05) is 15.6 Å². The average Bonchev–Trinajstić information content (AvgIpc) is 2.64. The lowest BCUT2D eigenvalue weighted by Crippen LogP contribution is -2.35. The minimum atomic E-state index is -0.0766. The van der Waals surface area contributed by atoms with E-state index in [1.807, 2.05) is 0 Å². The monoisotopic (exact) mass is 332 g/mol. The maximum absolute atomic E-state index is 9.62. The van der Waals surface area contributed by atoms with Crippen LogP contribution in [0.2, 0.25) is 0 Å². The number of hydrogen-bond acceptors (Lipinski definition) is 2. The zero-order valence-electron chi connectivity index (χ0n) is 9.45. The molecule has 2 unspecified atom stereocenters. The number of ether oxygens (including phenoxy) is 1. The van der Waals surface area contributed by atoms with Gasteiger partial charge in [-0.05, 0) is 60.1 Å². The molecule has 88 valence electrons. The first-order chi connectivity index (χ1) is 7.66. The lowest BCUT2D eigenvalue weighted by molar-refractivity contribution is 0.0272. The van der Waals surface area contributed by atoms with Gasteiger partial charge in [0.25, 0.3) is 0 Å². The van der Waals surface area contributed by atoms with Crippen molar-refractivity contribution < 1.29 is 9.84 Å². The van der Waals surface area contributed by atoms with Gasteiger partial charge in [-0.15, -0.1) is 0 Å². The third-order valence-corrected chi connectivity index (χ3v) is 4.33. The van der Waals surface area contributed by atoms with Gasteiger partial charge in [0.2, 0.25) is 0 Å². The van der Waals surface area contributed by atoms with Crippen LogP contribution in [0.5, 0.6) is 0 Å². The van der Waals surface area contributed by atoms with Crippen LogP contribution in [0.1, 0.15) is 18.9 Å². The second-order valence-corrected chi connectivity index (χ2v) is 5.83. The molecule has 0 bridgehead atoms. The third-order valence-electron chi connectivity index (χ3n) is 3.61. The van der Waals surface area contributed by atoms with Crippen molar-refractivity contribution in [2.24, 2.45) is 5.41 Å². The summed E-state index contributed by atoms with van der Waals surface area (Å²) < 4.78 is 6.84. The second-order valence-electron chi connectivity index (χ2n) is 4.59. The lowest BCUT2D eigenvalue weighted by Gasteiger charge is -2.30. The van der Waals surface area contributed by atoms with Crippen molar-refractivity contribution >= 4 is 22.6 Å². The summed E-state index contributed by atoms with van der Waals surface area (Å²) >= 11 is 2.30. The highest BCUT2D eigenvalue weighted by Crippen LogP contribution is 2.37. The summed E-state index contributed by atoms with van der Waals surface area (Å²) in [5.74, 6) is 0. The van der Waals surface area contributed by atoms with Gasteiger partial charge in [-0.25, -0.2) is 0 Å². The molecule has 0 radical (unpaired) electrons. The van der Waals surface area contributed by atoms with Crippen LogP contribution in [-0.2, 0) is 11.2 Å². The number of rotatable bonds is 3. The fourth-order valence-corrected chi connectivity index (χ4v) is 2.68. The van der Waals surface area contributed by atoms with E-state index in [9.17, 15) is 5.11 Å². The Bertz CT molecular complexity index is 349. The lowest BCUT2D eigenvalue weighted by atomic mass is 9.77. The molecule has 1 N–H and O–H groups in total. The van der Waals surface area contributed by atoms with Crippen molar-refractivity contribution in [3.05, 3.63) is 33.4 Å². The van der Waals surface area contributed by atoms with E-state index >= 15 is 0 Å². The van der Waals surface area contributed by atoms with Crippen molar-refractivity contribution in [2.45, 2.75) is 25.9 Å². The highest BCUT2D eigenvalue weighted by molar-refractivity contribution is 14.1. The van der Waals surface area contributed by atoms with Crippen LogP contribution in [0, 0.1) is 8.99 Å². The molecule has 1 saturated heterocycles. The van der Waals surface area contributed by atoms with Gasteiger partial charge < -0.3 is 9.84 Å². The van der Waals surface area contributed by atoms with E-state index in [4.69, 9.17) is 4.74 Å². The highest BCUT2D eigenvalue weighted by atomic mass is 127. The van der Waals surface area contributed by atoms with Crippen molar-refractivity contribution in [1.29, 1.82) is 0 Å². The molecular weight excluding hydrogens is 315 g/mol. The molecule has 0 amide bonds. The Morgan fingerprint density at radius 2 is 2.12 bits per heavy atom. The summed E-state index contributed by atoms with van der Waals surface area (Å²) in [4.78, 5) is 0. The number of halogens is 1. The zero-order chi connectivity index (χ0) is 11.6. The molecule has 1 fully saturated rings. The maximum Gasteiger partial charge on any atom is 0.0629 e. The van der Waals surface area contributed by atoms with Crippen molar-refractivity contribution in [3.63, 3.8) is 0 Å². The molecule has 16 heavy (non-hydrogen) atoms. The van der Waals surface area contributed by atoms with Gasteiger partial charge in [-0.3, -0.25) is 0 Å². The van der Waals surface area contributed by atoms with Crippen molar-refractivity contribution in [2.75, 3.05) is 13.2 Å². The molecule has 0 saturated carbocycles. The number of hydrogen-bond donors (Lipinski definition) is 1. The second kappa shape index (κ2) is 5.02. The molecule has 1 aliphatic rings. The Morgan fingerprint density at radius 1 is 1.44 bits per heavy atom. The largest absolute Gasteiger partial charge is 0.396 e. The summed E-state index contributed by atoms with van der Waals surface area (Å²) in [5, 5.41) is 9.62. The number of aliphatic hydroxyl groups is 1. The van der Waals surface area contributed by atoms with Gasteiger partial charge in [-0.1, -0.05) is 12.1 Å². The van der Waals surface area contributed by atoms with Gasteiger partial charge in [-0.2, -0.15) is 0 Å². The van der Waals surface area contributed by atoms with E-state index in [1.54, 1.807) is 0 Å². The van der Waals surface area contributed by atoms with Crippen LogP contribution in [-0.4, -0.2) is 24.4 Å². The zero-order valence-corrected chi connectivity index (χ0v) is 11.6. The molecule has 1 heterocycles. The van der Waals surface area contributed by atoms with Gasteiger partial charge in [0.15, 0.2) is 0 Å². The summed E-state index contributed by atoms with van der Waals surface area (Å²) in [6.45, 7) is 3.04. The average molecular weight is 332 g/mol. The van der Waals surface area contributed by atoms with Crippen LogP contribution < -0.4 is 0 Å².